The highest BCUT2D eigenvalue weighted by atomic mass is 19.1. The summed E-state index contributed by atoms with van der Waals surface area (Å²) in [6, 6.07) is 21.4. The quantitative estimate of drug-likeness (QED) is 0.399. The monoisotopic (exact) mass is 433 g/mol. The number of ether oxygens (including phenoxy) is 1. The molecule has 0 fully saturated rings. The van der Waals surface area contributed by atoms with Gasteiger partial charge in [0, 0.05) is 12.0 Å². The Balaban J connectivity index is 1.62. The van der Waals surface area contributed by atoms with Gasteiger partial charge >= 0.3 is 0 Å². The van der Waals surface area contributed by atoms with Gasteiger partial charge in [-0.1, -0.05) is 42.5 Å². The number of benzene rings is 3. The van der Waals surface area contributed by atoms with Crippen LogP contribution in [0.5, 0.6) is 11.6 Å². The maximum absolute atomic E-state index is 14.3. The zero-order chi connectivity index (χ0) is 22.5. The van der Waals surface area contributed by atoms with Gasteiger partial charge in [0.05, 0.1) is 17.1 Å². The van der Waals surface area contributed by atoms with Crippen molar-refractivity contribution in [3.63, 3.8) is 0 Å². The van der Waals surface area contributed by atoms with E-state index in [-0.39, 0.29) is 30.2 Å². The van der Waals surface area contributed by atoms with Crippen molar-refractivity contribution in [3.05, 3.63) is 102 Å². The van der Waals surface area contributed by atoms with Crippen LogP contribution in [0.1, 0.15) is 17.7 Å². The van der Waals surface area contributed by atoms with E-state index in [1.807, 2.05) is 30.3 Å². The first kappa shape index (κ1) is 21.2. The summed E-state index contributed by atoms with van der Waals surface area (Å²) in [6.45, 7) is 1.80. The number of rotatable bonds is 7. The van der Waals surface area contributed by atoms with Crippen LogP contribution in [0, 0.1) is 18.6 Å². The molecule has 1 aromatic heterocycles. The van der Waals surface area contributed by atoms with E-state index in [4.69, 9.17) is 4.74 Å². The number of nitrogens with zero attached hydrogens (tertiary/aromatic N) is 2. The number of carbonyl (C=O) groups excluding carboxylic acids is 1. The Morgan fingerprint density at radius 3 is 2.31 bits per heavy atom. The van der Waals surface area contributed by atoms with Gasteiger partial charge in [-0.2, -0.15) is 5.10 Å². The standard InChI is InChI=1S/C25H21F2N3O2/c1-17-19(15-16-24(31)28-22-13-7-5-11-20(22)26)25(32-23-14-8-6-12-21(23)27)30(29-17)18-9-3-2-4-10-18/h2-14H,15-16H2,1H3,(H,28,31). The number of amides is 1. The van der Waals surface area contributed by atoms with E-state index in [0.29, 0.717) is 17.1 Å². The summed E-state index contributed by atoms with van der Waals surface area (Å²) in [6.07, 6.45) is 0.353. The fourth-order valence-corrected chi connectivity index (χ4v) is 3.32. The third-order valence-corrected chi connectivity index (χ3v) is 4.93. The second kappa shape index (κ2) is 9.43. The number of aryl methyl sites for hydroxylation is 1. The van der Waals surface area contributed by atoms with Crippen LogP contribution in [-0.4, -0.2) is 15.7 Å². The van der Waals surface area contributed by atoms with Crippen LogP contribution in [0.3, 0.4) is 0 Å². The van der Waals surface area contributed by atoms with Crippen LogP contribution in [-0.2, 0) is 11.2 Å². The Morgan fingerprint density at radius 2 is 1.59 bits per heavy atom. The molecular formula is C25H21F2N3O2. The lowest BCUT2D eigenvalue weighted by molar-refractivity contribution is -0.116. The molecule has 0 unspecified atom stereocenters. The number of carbonyl (C=O) groups is 1. The van der Waals surface area contributed by atoms with Gasteiger partial charge in [0.2, 0.25) is 11.8 Å². The molecule has 0 saturated heterocycles. The van der Waals surface area contributed by atoms with E-state index in [9.17, 15) is 13.6 Å². The molecule has 1 N–H and O–H groups in total. The van der Waals surface area contributed by atoms with E-state index in [2.05, 4.69) is 10.4 Å². The molecule has 4 aromatic rings. The molecular weight excluding hydrogens is 412 g/mol. The van der Waals surface area contributed by atoms with E-state index in [1.54, 1.807) is 35.9 Å². The summed E-state index contributed by atoms with van der Waals surface area (Å²) in [5, 5.41) is 7.13. The molecule has 0 spiro atoms. The number of aromatic nitrogens is 2. The van der Waals surface area contributed by atoms with Gasteiger partial charge in [-0.05, 0) is 49.7 Å². The van der Waals surface area contributed by atoms with Gasteiger partial charge in [0.1, 0.15) is 5.82 Å². The molecule has 1 heterocycles. The number of halogens is 2. The molecule has 32 heavy (non-hydrogen) atoms. The van der Waals surface area contributed by atoms with Gasteiger partial charge in [-0.3, -0.25) is 4.79 Å². The zero-order valence-corrected chi connectivity index (χ0v) is 17.4. The molecule has 7 heteroatoms. The van der Waals surface area contributed by atoms with Crippen molar-refractivity contribution in [2.24, 2.45) is 0 Å². The van der Waals surface area contributed by atoms with Crippen LogP contribution < -0.4 is 10.1 Å². The molecule has 0 atom stereocenters. The normalized spacial score (nSPS) is 10.7. The largest absolute Gasteiger partial charge is 0.436 e. The Bertz CT molecular complexity index is 1240. The number of anilines is 1. The average molecular weight is 433 g/mol. The second-order valence-electron chi connectivity index (χ2n) is 7.18. The van der Waals surface area contributed by atoms with Crippen molar-refractivity contribution < 1.29 is 18.3 Å². The van der Waals surface area contributed by atoms with Crippen LogP contribution in [0.4, 0.5) is 14.5 Å². The predicted molar refractivity (Wildman–Crippen MR) is 118 cm³/mol. The van der Waals surface area contributed by atoms with Crippen molar-refractivity contribution in [3.8, 4) is 17.3 Å². The second-order valence-corrected chi connectivity index (χ2v) is 7.18. The fraction of sp³-hybridized carbons (Fsp3) is 0.120. The summed E-state index contributed by atoms with van der Waals surface area (Å²) >= 11 is 0. The molecule has 0 bridgehead atoms. The van der Waals surface area contributed by atoms with Crippen molar-refractivity contribution >= 4 is 11.6 Å². The summed E-state index contributed by atoms with van der Waals surface area (Å²) in [5.41, 5.74) is 2.18. The predicted octanol–water partition coefficient (Wildman–Crippen LogP) is 5.82. The van der Waals surface area contributed by atoms with Gasteiger partial charge in [-0.15, -0.1) is 0 Å². The summed E-state index contributed by atoms with van der Waals surface area (Å²) < 4.78 is 35.7. The first-order valence-corrected chi connectivity index (χ1v) is 10.1. The molecule has 0 radical (unpaired) electrons. The highest BCUT2D eigenvalue weighted by Crippen LogP contribution is 2.32. The van der Waals surface area contributed by atoms with Gasteiger partial charge in [0.15, 0.2) is 11.6 Å². The number of hydrogen-bond donors (Lipinski definition) is 1. The third kappa shape index (κ3) is 4.67. The van der Waals surface area contributed by atoms with Crippen molar-refractivity contribution in [1.29, 1.82) is 0 Å². The lowest BCUT2D eigenvalue weighted by Crippen LogP contribution is -2.13. The molecule has 0 aliphatic carbocycles. The molecule has 0 aliphatic heterocycles. The number of hydrogen-bond acceptors (Lipinski definition) is 3. The lowest BCUT2D eigenvalue weighted by Gasteiger charge is -2.12. The van der Waals surface area contributed by atoms with Crippen LogP contribution in [0.25, 0.3) is 5.69 Å². The molecule has 0 saturated carbocycles. The van der Waals surface area contributed by atoms with Gasteiger partial charge < -0.3 is 10.1 Å². The van der Waals surface area contributed by atoms with Crippen molar-refractivity contribution in [2.75, 3.05) is 5.32 Å². The maximum atomic E-state index is 14.3. The number of para-hydroxylation sites is 3. The van der Waals surface area contributed by atoms with E-state index in [0.717, 1.165) is 5.69 Å². The Hall–Kier alpha value is -4.00. The minimum absolute atomic E-state index is 0.0571. The first-order valence-electron chi connectivity index (χ1n) is 10.1. The summed E-state index contributed by atoms with van der Waals surface area (Å²) in [7, 11) is 0. The Morgan fingerprint density at radius 1 is 0.938 bits per heavy atom. The number of nitrogens with one attached hydrogen (secondary N) is 1. The topological polar surface area (TPSA) is 56.2 Å². The van der Waals surface area contributed by atoms with Crippen molar-refractivity contribution in [2.45, 2.75) is 19.8 Å². The molecule has 5 nitrogen and oxygen atoms in total. The van der Waals surface area contributed by atoms with Crippen molar-refractivity contribution in [1.82, 2.24) is 9.78 Å². The average Bonchev–Trinajstić information content (AvgIpc) is 3.11. The Kier molecular flexibility index (Phi) is 6.26. The minimum Gasteiger partial charge on any atom is -0.436 e. The summed E-state index contributed by atoms with van der Waals surface area (Å²) in [4.78, 5) is 12.4. The molecule has 162 valence electrons. The van der Waals surface area contributed by atoms with E-state index < -0.39 is 11.6 Å². The Labute approximate surface area is 184 Å². The van der Waals surface area contributed by atoms with Gasteiger partial charge in [0.25, 0.3) is 0 Å². The summed E-state index contributed by atoms with van der Waals surface area (Å²) in [5.74, 6) is -0.968. The van der Waals surface area contributed by atoms with Crippen LogP contribution in [0.2, 0.25) is 0 Å². The van der Waals surface area contributed by atoms with E-state index in [1.165, 1.54) is 24.3 Å². The SMILES string of the molecule is Cc1nn(-c2ccccc2)c(Oc2ccccc2F)c1CCC(=O)Nc1ccccc1F. The van der Waals surface area contributed by atoms with Crippen LogP contribution >= 0.6 is 0 Å². The van der Waals surface area contributed by atoms with E-state index >= 15 is 0 Å². The van der Waals surface area contributed by atoms with Gasteiger partial charge in [-0.25, -0.2) is 13.5 Å². The molecule has 1 amide bonds. The highest BCUT2D eigenvalue weighted by Gasteiger charge is 2.21. The molecule has 4 rings (SSSR count). The zero-order valence-electron chi connectivity index (χ0n) is 17.4. The van der Waals surface area contributed by atoms with Crippen LogP contribution in [0.15, 0.2) is 78.9 Å². The molecule has 3 aromatic carbocycles. The fourth-order valence-electron chi connectivity index (χ4n) is 3.32. The maximum Gasteiger partial charge on any atom is 0.226 e. The first-order chi connectivity index (χ1) is 15.5. The smallest absolute Gasteiger partial charge is 0.226 e. The minimum atomic E-state index is -0.505. The third-order valence-electron chi connectivity index (χ3n) is 4.93. The molecule has 0 aliphatic rings. The lowest BCUT2D eigenvalue weighted by atomic mass is 10.1. The highest BCUT2D eigenvalue weighted by molar-refractivity contribution is 5.91.